The van der Waals surface area contributed by atoms with E-state index in [1.165, 1.54) is 6.07 Å². The molecular formula is C20H27FN2O3S. The van der Waals surface area contributed by atoms with Gasteiger partial charge in [0, 0.05) is 43.9 Å². The number of amides is 2. The van der Waals surface area contributed by atoms with Gasteiger partial charge in [0.15, 0.2) is 0 Å². The number of likely N-dealkylation sites (tertiary alicyclic amines) is 2. The third-order valence-corrected chi connectivity index (χ3v) is 6.28. The summed E-state index contributed by atoms with van der Waals surface area (Å²) >= 11 is 1.65. The summed E-state index contributed by atoms with van der Waals surface area (Å²) in [4.78, 5) is 29.2. The lowest BCUT2D eigenvalue weighted by atomic mass is 9.78. The fourth-order valence-corrected chi connectivity index (χ4v) is 4.50. The van der Waals surface area contributed by atoms with Gasteiger partial charge in [-0.05, 0) is 43.7 Å². The number of benzene rings is 1. The first-order chi connectivity index (χ1) is 13.0. The smallest absolute Gasteiger partial charge is 0.230 e. The molecular weight excluding hydrogens is 367 g/mol. The van der Waals surface area contributed by atoms with Crippen LogP contribution in [0.4, 0.5) is 4.39 Å². The van der Waals surface area contributed by atoms with Crippen molar-refractivity contribution in [3.05, 3.63) is 29.6 Å². The average molecular weight is 395 g/mol. The van der Waals surface area contributed by atoms with Crippen LogP contribution in [0.2, 0.25) is 0 Å². The average Bonchev–Trinajstić information content (AvgIpc) is 3.10. The van der Waals surface area contributed by atoms with Crippen molar-refractivity contribution in [2.75, 3.05) is 38.8 Å². The summed E-state index contributed by atoms with van der Waals surface area (Å²) in [5, 5.41) is 0. The number of nitrogens with zero attached hydrogens (tertiary/aromatic N) is 2. The molecule has 1 atom stereocenters. The maximum absolute atomic E-state index is 14.2. The van der Waals surface area contributed by atoms with E-state index in [1.807, 2.05) is 11.2 Å². The molecule has 2 aliphatic rings. The van der Waals surface area contributed by atoms with E-state index in [0.29, 0.717) is 43.8 Å². The summed E-state index contributed by atoms with van der Waals surface area (Å²) < 4.78 is 19.4. The van der Waals surface area contributed by atoms with Crippen LogP contribution in [0.3, 0.4) is 0 Å². The minimum absolute atomic E-state index is 0.0520. The number of thioether (sulfide) groups is 1. The zero-order valence-electron chi connectivity index (χ0n) is 16.0. The topological polar surface area (TPSA) is 49.9 Å². The summed E-state index contributed by atoms with van der Waals surface area (Å²) in [6.45, 7) is 2.00. The van der Waals surface area contributed by atoms with E-state index in [2.05, 4.69) is 0 Å². The number of carbonyl (C=O) groups excluding carboxylic acids is 2. The molecule has 0 saturated carbocycles. The van der Waals surface area contributed by atoms with Crippen molar-refractivity contribution in [2.24, 2.45) is 5.41 Å². The predicted molar refractivity (Wildman–Crippen MR) is 104 cm³/mol. The molecule has 2 amide bonds. The zero-order chi connectivity index (χ0) is 19.4. The Morgan fingerprint density at radius 1 is 1.33 bits per heavy atom. The van der Waals surface area contributed by atoms with Crippen molar-refractivity contribution in [2.45, 2.75) is 32.2 Å². The third kappa shape index (κ3) is 4.23. The first-order valence-electron chi connectivity index (χ1n) is 9.37. The summed E-state index contributed by atoms with van der Waals surface area (Å²) in [6.07, 6.45) is 4.89. The number of methoxy groups -OCH3 is 1. The van der Waals surface area contributed by atoms with E-state index in [9.17, 15) is 14.0 Å². The fourth-order valence-electron chi connectivity index (χ4n) is 4.12. The van der Waals surface area contributed by atoms with Gasteiger partial charge in [-0.15, -0.1) is 0 Å². The molecule has 0 radical (unpaired) electrons. The Morgan fingerprint density at radius 2 is 2.15 bits per heavy atom. The number of rotatable bonds is 6. The number of hydrogen-bond donors (Lipinski definition) is 0. The molecule has 7 heteroatoms. The van der Waals surface area contributed by atoms with E-state index < -0.39 is 5.41 Å². The Balaban J connectivity index is 1.70. The number of ether oxygens (including phenoxy) is 1. The minimum atomic E-state index is -0.497. The van der Waals surface area contributed by atoms with Crippen LogP contribution in [0.25, 0.3) is 0 Å². The molecule has 1 spiro atoms. The third-order valence-electron chi connectivity index (χ3n) is 5.66. The minimum Gasteiger partial charge on any atom is -0.497 e. The Kier molecular flexibility index (Phi) is 6.29. The number of carbonyl (C=O) groups is 2. The SMILES string of the molecule is COc1ccc(F)c(CN2CCC[C@]3(CCN(C(=O)CCSC)C3)C2=O)c1. The number of hydrogen-bond acceptors (Lipinski definition) is 4. The largest absolute Gasteiger partial charge is 0.497 e. The lowest BCUT2D eigenvalue weighted by molar-refractivity contribution is -0.146. The molecule has 0 N–H and O–H groups in total. The highest BCUT2D eigenvalue weighted by atomic mass is 32.2. The Labute approximate surface area is 164 Å². The molecule has 1 aromatic rings. The molecule has 2 saturated heterocycles. The lowest BCUT2D eigenvalue weighted by Crippen LogP contribution is -2.50. The zero-order valence-corrected chi connectivity index (χ0v) is 16.8. The highest BCUT2D eigenvalue weighted by Crippen LogP contribution is 2.41. The quantitative estimate of drug-likeness (QED) is 0.744. The van der Waals surface area contributed by atoms with Crippen LogP contribution in [0.1, 0.15) is 31.2 Å². The highest BCUT2D eigenvalue weighted by Gasteiger charge is 2.49. The second-order valence-electron chi connectivity index (χ2n) is 7.38. The number of halogens is 1. The molecule has 2 heterocycles. The van der Waals surface area contributed by atoms with Gasteiger partial charge < -0.3 is 14.5 Å². The van der Waals surface area contributed by atoms with Gasteiger partial charge in [0.2, 0.25) is 11.8 Å². The molecule has 27 heavy (non-hydrogen) atoms. The molecule has 5 nitrogen and oxygen atoms in total. The van der Waals surface area contributed by atoms with Gasteiger partial charge in [0.25, 0.3) is 0 Å². The van der Waals surface area contributed by atoms with Crippen LogP contribution in [-0.4, -0.2) is 60.4 Å². The molecule has 1 aromatic carbocycles. The first-order valence-corrected chi connectivity index (χ1v) is 10.8. The van der Waals surface area contributed by atoms with E-state index >= 15 is 0 Å². The van der Waals surface area contributed by atoms with Crippen molar-refractivity contribution in [3.63, 3.8) is 0 Å². The Hall–Kier alpha value is -1.76. The highest BCUT2D eigenvalue weighted by molar-refractivity contribution is 7.98. The van der Waals surface area contributed by atoms with Crippen molar-refractivity contribution >= 4 is 23.6 Å². The van der Waals surface area contributed by atoms with Crippen molar-refractivity contribution in [1.29, 1.82) is 0 Å². The molecule has 3 rings (SSSR count). The van der Waals surface area contributed by atoms with Crippen LogP contribution < -0.4 is 4.74 Å². The van der Waals surface area contributed by atoms with Gasteiger partial charge in [-0.1, -0.05) is 0 Å². The van der Waals surface area contributed by atoms with Gasteiger partial charge in [-0.25, -0.2) is 4.39 Å². The molecule has 148 valence electrons. The molecule has 0 unspecified atom stereocenters. The van der Waals surface area contributed by atoms with Crippen molar-refractivity contribution in [1.82, 2.24) is 9.80 Å². The normalized spacial score (nSPS) is 22.6. The van der Waals surface area contributed by atoms with Gasteiger partial charge in [-0.2, -0.15) is 11.8 Å². The number of piperidine rings is 1. The van der Waals surface area contributed by atoms with E-state index in [1.54, 1.807) is 35.9 Å². The van der Waals surface area contributed by atoms with Crippen LogP contribution in [0.15, 0.2) is 18.2 Å². The molecule has 2 fully saturated rings. The summed E-state index contributed by atoms with van der Waals surface area (Å²) in [6, 6.07) is 4.60. The maximum Gasteiger partial charge on any atom is 0.230 e. The monoisotopic (exact) mass is 394 g/mol. The maximum atomic E-state index is 14.2. The van der Waals surface area contributed by atoms with E-state index in [0.717, 1.165) is 18.6 Å². The fraction of sp³-hybridized carbons (Fsp3) is 0.600. The van der Waals surface area contributed by atoms with Gasteiger partial charge >= 0.3 is 0 Å². The standard InChI is InChI=1S/C20H27FN2O3S/c1-26-16-4-5-17(21)15(12-16)13-22-9-3-7-20(19(22)25)8-10-23(14-20)18(24)6-11-27-2/h4-5,12H,3,6-11,13-14H2,1-2H3/t20-/m1/s1. The second kappa shape index (κ2) is 8.50. The molecule has 2 aliphatic heterocycles. The summed E-state index contributed by atoms with van der Waals surface area (Å²) in [7, 11) is 1.54. The molecule has 0 aromatic heterocycles. The van der Waals surface area contributed by atoms with Crippen LogP contribution >= 0.6 is 11.8 Å². The Morgan fingerprint density at radius 3 is 2.89 bits per heavy atom. The summed E-state index contributed by atoms with van der Waals surface area (Å²) in [5.41, 5.74) is -0.0338. The summed E-state index contributed by atoms with van der Waals surface area (Å²) in [5.74, 6) is 1.24. The van der Waals surface area contributed by atoms with Gasteiger partial charge in [-0.3, -0.25) is 9.59 Å². The van der Waals surface area contributed by atoms with Crippen molar-refractivity contribution in [3.8, 4) is 5.75 Å². The van der Waals surface area contributed by atoms with Crippen LogP contribution in [0, 0.1) is 11.2 Å². The van der Waals surface area contributed by atoms with E-state index in [-0.39, 0.29) is 24.2 Å². The van der Waals surface area contributed by atoms with Crippen LogP contribution in [-0.2, 0) is 16.1 Å². The molecule has 0 bridgehead atoms. The van der Waals surface area contributed by atoms with Gasteiger partial charge in [0.1, 0.15) is 11.6 Å². The lowest BCUT2D eigenvalue weighted by Gasteiger charge is -2.39. The van der Waals surface area contributed by atoms with E-state index in [4.69, 9.17) is 4.74 Å². The Bertz CT molecular complexity index is 714. The second-order valence-corrected chi connectivity index (χ2v) is 8.36. The van der Waals surface area contributed by atoms with Crippen LogP contribution in [0.5, 0.6) is 5.75 Å². The van der Waals surface area contributed by atoms with Crippen molar-refractivity contribution < 1.29 is 18.7 Å². The van der Waals surface area contributed by atoms with Gasteiger partial charge in [0.05, 0.1) is 12.5 Å². The first kappa shape index (κ1) is 20.0. The molecule has 0 aliphatic carbocycles. The predicted octanol–water partition coefficient (Wildman–Crippen LogP) is 2.93.